The highest BCUT2D eigenvalue weighted by Crippen LogP contribution is 2.31. The van der Waals surface area contributed by atoms with E-state index < -0.39 is 38.1 Å². The van der Waals surface area contributed by atoms with E-state index in [0.29, 0.717) is 11.4 Å². The molecule has 0 saturated heterocycles. The van der Waals surface area contributed by atoms with E-state index in [1.165, 1.54) is 31.4 Å². The fraction of sp³-hybridized carbons (Fsp3) is 0.190. The number of hydrogen-bond donors (Lipinski definition) is 0. The van der Waals surface area contributed by atoms with Gasteiger partial charge in [-0.15, -0.1) is 0 Å². The topological polar surface area (TPSA) is 114 Å². The molecule has 0 spiro atoms. The number of rotatable bonds is 7. The Morgan fingerprint density at radius 2 is 1.61 bits per heavy atom. The van der Waals surface area contributed by atoms with Gasteiger partial charge in [-0.3, -0.25) is 0 Å². The average molecular weight is 444 g/mol. The fourth-order valence-electron chi connectivity index (χ4n) is 2.89. The number of carbonyl (C=O) groups excluding carboxylic acids is 2. The van der Waals surface area contributed by atoms with Gasteiger partial charge in [0.15, 0.2) is 11.4 Å². The maximum absolute atomic E-state index is 13.5. The summed E-state index contributed by atoms with van der Waals surface area (Å²) in [5.41, 5.74) is -0.606. The van der Waals surface area contributed by atoms with Gasteiger partial charge in [0.1, 0.15) is 10.6 Å². The van der Waals surface area contributed by atoms with E-state index in [1.807, 2.05) is 0 Å². The minimum absolute atomic E-state index is 0.00892. The molecule has 0 atom stereocenters. The summed E-state index contributed by atoms with van der Waals surface area (Å²) < 4.78 is 42.9. The van der Waals surface area contributed by atoms with E-state index in [0.717, 1.165) is 11.8 Å². The van der Waals surface area contributed by atoms with E-state index in [1.54, 1.807) is 37.3 Å². The third-order valence-corrected chi connectivity index (χ3v) is 6.15. The second-order valence-electron chi connectivity index (χ2n) is 6.16. The van der Waals surface area contributed by atoms with Crippen LogP contribution in [0, 0.1) is 0 Å². The van der Waals surface area contributed by atoms with Crippen molar-refractivity contribution in [2.75, 3.05) is 20.8 Å². The maximum atomic E-state index is 13.5. The van der Waals surface area contributed by atoms with Gasteiger partial charge in [-0.1, -0.05) is 18.2 Å². The van der Waals surface area contributed by atoms with Crippen molar-refractivity contribution in [2.45, 2.75) is 16.7 Å². The Labute approximate surface area is 179 Å². The lowest BCUT2D eigenvalue weighted by molar-refractivity contribution is 0.0511. The van der Waals surface area contributed by atoms with Crippen LogP contribution in [0.1, 0.15) is 27.9 Å². The Kier molecular flexibility index (Phi) is 6.40. The van der Waals surface area contributed by atoms with Crippen LogP contribution in [-0.2, 0) is 19.3 Å². The van der Waals surface area contributed by atoms with Crippen LogP contribution in [0.15, 0.2) is 64.4 Å². The monoisotopic (exact) mass is 444 g/mol. The van der Waals surface area contributed by atoms with Crippen LogP contribution in [0.2, 0.25) is 0 Å². The molecule has 0 aliphatic carbocycles. The Hall–Kier alpha value is -3.66. The molecule has 31 heavy (non-hydrogen) atoms. The second kappa shape index (κ2) is 9.00. The number of methoxy groups -OCH3 is 2. The van der Waals surface area contributed by atoms with Crippen LogP contribution in [-0.4, -0.2) is 51.0 Å². The van der Waals surface area contributed by atoms with Gasteiger partial charge in [-0.25, -0.2) is 22.7 Å². The molecule has 0 aliphatic heterocycles. The number of sulfone groups is 1. The smallest absolute Gasteiger partial charge is 0.360 e. The van der Waals surface area contributed by atoms with Crippen molar-refractivity contribution in [1.29, 1.82) is 0 Å². The molecule has 1 aromatic heterocycles. The molecule has 0 saturated carbocycles. The molecule has 162 valence electrons. The molecule has 9 nitrogen and oxygen atoms in total. The Bertz CT molecular complexity index is 1200. The van der Waals surface area contributed by atoms with Crippen LogP contribution in [0.3, 0.4) is 0 Å². The predicted molar refractivity (Wildman–Crippen MR) is 109 cm³/mol. The van der Waals surface area contributed by atoms with Crippen molar-refractivity contribution < 1.29 is 32.2 Å². The number of carbonyl (C=O) groups is 2. The standard InChI is InChI=1S/C21H20N2O7S/c1-4-30-21(25)18-19(31(26,27)16-8-6-5-7-9-16)17(20(24)29-3)22-23(18)14-10-12-15(28-2)13-11-14/h5-13H,4H2,1-3H3. The molecule has 10 heteroatoms. The molecule has 3 aromatic rings. The summed E-state index contributed by atoms with van der Waals surface area (Å²) >= 11 is 0. The molecule has 2 aromatic carbocycles. The number of nitrogens with zero attached hydrogens (tertiary/aromatic N) is 2. The lowest BCUT2D eigenvalue weighted by Gasteiger charge is -2.10. The van der Waals surface area contributed by atoms with Gasteiger partial charge in [0.2, 0.25) is 9.84 Å². The second-order valence-corrected chi connectivity index (χ2v) is 8.05. The fourth-order valence-corrected chi connectivity index (χ4v) is 4.45. The van der Waals surface area contributed by atoms with Crippen molar-refractivity contribution in [3.63, 3.8) is 0 Å². The summed E-state index contributed by atoms with van der Waals surface area (Å²) in [7, 11) is -1.74. The van der Waals surface area contributed by atoms with Crippen LogP contribution in [0.5, 0.6) is 5.75 Å². The third kappa shape index (κ3) is 4.15. The molecular weight excluding hydrogens is 424 g/mol. The molecule has 3 rings (SSSR count). The van der Waals surface area contributed by atoms with Crippen molar-refractivity contribution in [1.82, 2.24) is 9.78 Å². The number of benzene rings is 2. The van der Waals surface area contributed by atoms with Crippen molar-refractivity contribution in [3.8, 4) is 11.4 Å². The number of aromatic nitrogens is 2. The minimum atomic E-state index is -4.33. The van der Waals surface area contributed by atoms with Gasteiger partial charge < -0.3 is 14.2 Å². The molecule has 1 heterocycles. The molecule has 0 bridgehead atoms. The summed E-state index contributed by atoms with van der Waals surface area (Å²) in [5.74, 6) is -1.42. The zero-order valence-corrected chi connectivity index (χ0v) is 17.9. The van der Waals surface area contributed by atoms with Gasteiger partial charge in [-0.2, -0.15) is 5.10 Å². The zero-order valence-electron chi connectivity index (χ0n) is 17.1. The SMILES string of the molecule is CCOC(=O)c1c(S(=O)(=O)c2ccccc2)c(C(=O)OC)nn1-c1ccc(OC)cc1. The van der Waals surface area contributed by atoms with Gasteiger partial charge in [-0.05, 0) is 43.3 Å². The summed E-state index contributed by atoms with van der Waals surface area (Å²) in [6.07, 6.45) is 0. The lowest BCUT2D eigenvalue weighted by Crippen LogP contribution is -2.17. The first-order valence-corrected chi connectivity index (χ1v) is 10.7. The summed E-state index contributed by atoms with van der Waals surface area (Å²) in [6, 6.07) is 13.8. The normalized spacial score (nSPS) is 11.1. The summed E-state index contributed by atoms with van der Waals surface area (Å²) in [4.78, 5) is 24.6. The largest absolute Gasteiger partial charge is 0.497 e. The average Bonchev–Trinajstić information content (AvgIpc) is 3.21. The van der Waals surface area contributed by atoms with Crippen LogP contribution >= 0.6 is 0 Å². The minimum Gasteiger partial charge on any atom is -0.497 e. The molecular formula is C21H20N2O7S. The Morgan fingerprint density at radius 3 is 2.16 bits per heavy atom. The highest BCUT2D eigenvalue weighted by atomic mass is 32.2. The van der Waals surface area contributed by atoms with E-state index in [2.05, 4.69) is 5.10 Å². The molecule has 0 N–H and O–H groups in total. The lowest BCUT2D eigenvalue weighted by atomic mass is 10.3. The first-order chi connectivity index (χ1) is 14.8. The molecule has 0 aliphatic rings. The van der Waals surface area contributed by atoms with Gasteiger partial charge in [0.25, 0.3) is 0 Å². The summed E-state index contributed by atoms with van der Waals surface area (Å²) in [5, 5.41) is 4.12. The van der Waals surface area contributed by atoms with Crippen molar-refractivity contribution in [3.05, 3.63) is 66.0 Å². The highest BCUT2D eigenvalue weighted by molar-refractivity contribution is 7.91. The van der Waals surface area contributed by atoms with Crippen LogP contribution in [0.25, 0.3) is 5.69 Å². The number of ether oxygens (including phenoxy) is 3. The van der Waals surface area contributed by atoms with E-state index in [9.17, 15) is 18.0 Å². The first-order valence-electron chi connectivity index (χ1n) is 9.18. The molecule has 0 amide bonds. The Balaban J connectivity index is 2.37. The predicted octanol–water partition coefficient (Wildman–Crippen LogP) is 2.68. The maximum Gasteiger partial charge on any atom is 0.360 e. The van der Waals surface area contributed by atoms with Crippen molar-refractivity contribution >= 4 is 21.8 Å². The van der Waals surface area contributed by atoms with E-state index in [-0.39, 0.29) is 11.5 Å². The molecule has 0 fully saturated rings. The number of esters is 2. The van der Waals surface area contributed by atoms with E-state index in [4.69, 9.17) is 14.2 Å². The van der Waals surface area contributed by atoms with Crippen LogP contribution in [0.4, 0.5) is 0 Å². The van der Waals surface area contributed by atoms with Gasteiger partial charge in [0.05, 0.1) is 31.4 Å². The van der Waals surface area contributed by atoms with Crippen molar-refractivity contribution in [2.24, 2.45) is 0 Å². The quantitative estimate of drug-likeness (QED) is 0.511. The number of hydrogen-bond acceptors (Lipinski definition) is 8. The highest BCUT2D eigenvalue weighted by Gasteiger charge is 2.38. The van der Waals surface area contributed by atoms with Gasteiger partial charge in [0, 0.05) is 0 Å². The third-order valence-electron chi connectivity index (χ3n) is 4.33. The zero-order chi connectivity index (χ0) is 22.6. The molecule has 0 radical (unpaired) electrons. The van der Waals surface area contributed by atoms with Gasteiger partial charge >= 0.3 is 11.9 Å². The molecule has 0 unspecified atom stereocenters. The van der Waals surface area contributed by atoms with E-state index >= 15 is 0 Å². The Morgan fingerprint density at radius 1 is 0.968 bits per heavy atom. The first kappa shape index (κ1) is 22.0. The van der Waals surface area contributed by atoms with Crippen LogP contribution < -0.4 is 4.74 Å². The summed E-state index contributed by atoms with van der Waals surface area (Å²) in [6.45, 7) is 1.57.